The van der Waals surface area contributed by atoms with Crippen LogP contribution in [0.2, 0.25) is 0 Å². The number of nitrogens with one attached hydrogen (secondary N) is 4. The third-order valence-electron chi connectivity index (χ3n) is 11.7. The van der Waals surface area contributed by atoms with Crippen LogP contribution >= 0.6 is 0 Å². The Labute approximate surface area is 381 Å². The molecule has 6 N–H and O–H groups in total. The molecule has 6 heterocycles. The number of nitrogens with two attached hydrogens (primary N) is 1. The average Bonchev–Trinajstić information content (AvgIpc) is 4.17. The van der Waals surface area contributed by atoms with E-state index >= 15 is 0 Å². The Kier molecular flexibility index (Phi) is 12.2. The van der Waals surface area contributed by atoms with Crippen molar-refractivity contribution in [3.05, 3.63) is 78.4 Å². The molecule has 1 saturated heterocycles. The van der Waals surface area contributed by atoms with Crippen LogP contribution in [0.3, 0.4) is 0 Å². The topological polar surface area (TPSA) is 239 Å². The third kappa shape index (κ3) is 9.03. The maximum Gasteiger partial charge on any atom is 0.416 e. The number of aromatic nitrogens is 6. The minimum absolute atomic E-state index is 0.101. The summed E-state index contributed by atoms with van der Waals surface area (Å²) in [5.41, 5.74) is 11.7. The standard InChI is InChI=1S/C28H28N6O4.C18H19F2N5O4/c1-15-31-21-10-8-16(12-23(21)37-15)19-14-30-25-24(19)27(38-18-6-4-5-7-18)34-28(33-25)32-20-11-9-17(26(35)29-2)13-22(20)36-3;1-9(16(21)26)22-10-2-3-11-13(6-10)28-5-4-24-7-14(23-17(11)24)25-12(15(19)20)8-29-18(25)27/h8-14,18H,4-7H2,1-3H3,(H,29,35)(H2,30,32,33,34);2-3,6-7,9,12,15,22H,4-5,8H2,1H3,(H2,21,26). The normalized spacial score (nSPS) is 16.1. The molecule has 0 radical (unpaired) electrons. The fourth-order valence-corrected chi connectivity index (χ4v) is 8.22. The first-order valence-electron chi connectivity index (χ1n) is 21.6. The summed E-state index contributed by atoms with van der Waals surface area (Å²) < 4.78 is 56.6. The zero-order chi connectivity index (χ0) is 46.9. The molecule has 0 spiro atoms. The fraction of sp³-hybridized carbons (Fsp3) is 0.326. The summed E-state index contributed by atoms with van der Waals surface area (Å²) >= 11 is 0. The lowest BCUT2D eigenvalue weighted by Gasteiger charge is -2.17. The van der Waals surface area contributed by atoms with Crippen molar-refractivity contribution in [1.82, 2.24) is 34.8 Å². The number of aromatic amines is 1. The number of aryl methyl sites for hydroxylation is 1. The van der Waals surface area contributed by atoms with Gasteiger partial charge in [-0.25, -0.2) is 28.4 Å². The number of methoxy groups -OCH3 is 1. The van der Waals surface area contributed by atoms with Crippen molar-refractivity contribution in [2.75, 3.05) is 42.9 Å². The molecular formula is C46H47F2N11O8. The molecule has 2 unspecified atom stereocenters. The second-order valence-electron chi connectivity index (χ2n) is 16.1. The van der Waals surface area contributed by atoms with E-state index in [1.807, 2.05) is 31.3 Å². The van der Waals surface area contributed by atoms with E-state index in [1.165, 1.54) is 6.20 Å². The zero-order valence-electron chi connectivity index (χ0n) is 36.9. The number of hydrogen-bond acceptors (Lipinski definition) is 14. The Balaban J connectivity index is 0.000000174. The number of halogens is 2. The second kappa shape index (κ2) is 18.5. The fourth-order valence-electron chi connectivity index (χ4n) is 8.22. The van der Waals surface area contributed by atoms with Crippen LogP contribution in [0.5, 0.6) is 17.4 Å². The predicted octanol–water partition coefficient (Wildman–Crippen LogP) is 7.33. The lowest BCUT2D eigenvalue weighted by molar-refractivity contribution is -0.118. The van der Waals surface area contributed by atoms with Crippen LogP contribution in [-0.2, 0) is 16.1 Å². The van der Waals surface area contributed by atoms with Crippen LogP contribution in [0, 0.1) is 6.92 Å². The molecule has 10 rings (SSSR count). The molecule has 348 valence electrons. The van der Waals surface area contributed by atoms with Gasteiger partial charge in [-0.3, -0.25) is 9.59 Å². The van der Waals surface area contributed by atoms with Crippen molar-refractivity contribution in [2.45, 2.75) is 70.7 Å². The van der Waals surface area contributed by atoms with Crippen LogP contribution in [0.15, 0.2) is 71.4 Å². The van der Waals surface area contributed by atoms with E-state index in [2.05, 4.69) is 30.9 Å². The number of oxazole rings is 1. The van der Waals surface area contributed by atoms with Gasteiger partial charge in [0, 0.05) is 49.2 Å². The lowest BCUT2D eigenvalue weighted by Crippen LogP contribution is -2.38. The molecule has 7 aromatic rings. The predicted molar refractivity (Wildman–Crippen MR) is 243 cm³/mol. The van der Waals surface area contributed by atoms with E-state index in [1.54, 1.807) is 62.0 Å². The average molecular weight is 920 g/mol. The van der Waals surface area contributed by atoms with Gasteiger partial charge >= 0.3 is 6.09 Å². The second-order valence-corrected chi connectivity index (χ2v) is 16.1. The van der Waals surface area contributed by atoms with Gasteiger partial charge in [0.25, 0.3) is 12.3 Å². The Hall–Kier alpha value is -7.97. The minimum Gasteiger partial charge on any atom is -0.495 e. The van der Waals surface area contributed by atoms with E-state index < -0.39 is 30.5 Å². The van der Waals surface area contributed by atoms with Gasteiger partial charge in [-0.2, -0.15) is 9.97 Å². The van der Waals surface area contributed by atoms with E-state index in [-0.39, 0.29) is 24.4 Å². The zero-order valence-corrected chi connectivity index (χ0v) is 36.9. The molecule has 1 saturated carbocycles. The van der Waals surface area contributed by atoms with Crippen molar-refractivity contribution in [1.29, 1.82) is 0 Å². The number of rotatable bonds is 12. The molecule has 19 nitrogen and oxygen atoms in total. The molecule has 0 bridgehead atoms. The number of fused-ring (bicyclic) bond motifs is 5. The summed E-state index contributed by atoms with van der Waals surface area (Å²) in [6.07, 6.45) is 4.22. The molecule has 67 heavy (non-hydrogen) atoms. The third-order valence-corrected chi connectivity index (χ3v) is 11.7. The maximum absolute atomic E-state index is 13.3. The number of anilines is 4. The highest BCUT2D eigenvalue weighted by atomic mass is 19.3. The molecule has 3 aliphatic rings. The molecule has 2 fully saturated rings. The monoisotopic (exact) mass is 919 g/mol. The highest BCUT2D eigenvalue weighted by Gasteiger charge is 2.42. The number of hydrogen-bond donors (Lipinski definition) is 5. The number of carbonyl (C=O) groups is 3. The first kappa shape index (κ1) is 44.2. The van der Waals surface area contributed by atoms with Gasteiger partial charge < -0.3 is 54.6 Å². The number of amides is 3. The maximum atomic E-state index is 13.3. The van der Waals surface area contributed by atoms with Crippen molar-refractivity contribution < 1.29 is 46.5 Å². The molecule has 4 aromatic heterocycles. The van der Waals surface area contributed by atoms with Crippen LogP contribution < -0.4 is 40.8 Å². The largest absolute Gasteiger partial charge is 0.495 e. The highest BCUT2D eigenvalue weighted by Crippen LogP contribution is 2.40. The number of imidazole rings is 1. The van der Waals surface area contributed by atoms with Gasteiger partial charge in [0.1, 0.15) is 59.9 Å². The summed E-state index contributed by atoms with van der Waals surface area (Å²) in [6, 6.07) is 14.3. The van der Waals surface area contributed by atoms with Gasteiger partial charge in [0.2, 0.25) is 17.7 Å². The van der Waals surface area contributed by atoms with Crippen molar-refractivity contribution >= 4 is 63.2 Å². The van der Waals surface area contributed by atoms with E-state index in [9.17, 15) is 23.2 Å². The smallest absolute Gasteiger partial charge is 0.416 e. The van der Waals surface area contributed by atoms with Gasteiger partial charge in [0.05, 0.1) is 30.3 Å². The lowest BCUT2D eigenvalue weighted by atomic mass is 10.1. The van der Waals surface area contributed by atoms with E-state index in [4.69, 9.17) is 39.1 Å². The SMILES string of the molecule is CC(Nc1ccc2c(c1)OCCn1cc(N3C(=O)OCC3C(F)F)nc1-2)C(N)=O.CNC(=O)c1ccc(Nc2nc(OC3CCCC3)c3c(-c4ccc5nc(C)oc5c4)c[nH]c3n2)c(OC)c1. The number of ether oxygens (including phenoxy) is 4. The number of benzene rings is 3. The van der Waals surface area contributed by atoms with Crippen molar-refractivity contribution in [3.8, 4) is 39.9 Å². The van der Waals surface area contributed by atoms with Crippen LogP contribution in [0.1, 0.15) is 48.9 Å². The Morgan fingerprint density at radius 2 is 1.82 bits per heavy atom. The molecule has 2 aliphatic heterocycles. The quantitative estimate of drug-likeness (QED) is 0.0807. The first-order chi connectivity index (χ1) is 32.4. The number of primary amides is 1. The number of carbonyl (C=O) groups excluding carboxylic acids is 3. The van der Waals surface area contributed by atoms with Gasteiger partial charge in [-0.15, -0.1) is 0 Å². The molecule has 21 heteroatoms. The van der Waals surface area contributed by atoms with Crippen molar-refractivity contribution in [2.24, 2.45) is 5.73 Å². The Morgan fingerprint density at radius 3 is 2.58 bits per heavy atom. The molecule has 3 aromatic carbocycles. The number of cyclic esters (lactones) is 1. The van der Waals surface area contributed by atoms with Gasteiger partial charge in [-0.1, -0.05) is 6.07 Å². The van der Waals surface area contributed by atoms with Crippen molar-refractivity contribution in [3.63, 3.8) is 0 Å². The van der Waals surface area contributed by atoms with Crippen LogP contribution in [0.4, 0.5) is 36.7 Å². The Bertz CT molecular complexity index is 3000. The van der Waals surface area contributed by atoms with E-state index in [0.717, 1.165) is 58.2 Å². The molecule has 3 amide bonds. The first-order valence-corrected chi connectivity index (χ1v) is 21.6. The molecule has 1 aliphatic carbocycles. The number of alkyl halides is 2. The van der Waals surface area contributed by atoms with Gasteiger partial charge in [-0.05, 0) is 80.6 Å². The van der Waals surface area contributed by atoms with Crippen LogP contribution in [-0.4, -0.2) is 99.4 Å². The van der Waals surface area contributed by atoms with Crippen LogP contribution in [0.25, 0.3) is 44.6 Å². The summed E-state index contributed by atoms with van der Waals surface area (Å²) in [5, 5.41) is 9.64. The van der Waals surface area contributed by atoms with Gasteiger partial charge in [0.15, 0.2) is 17.3 Å². The number of H-pyrrole nitrogens is 1. The molecule has 2 atom stereocenters. The molecular weight excluding hydrogens is 873 g/mol. The highest BCUT2D eigenvalue weighted by molar-refractivity contribution is 5.99. The summed E-state index contributed by atoms with van der Waals surface area (Å²) in [4.78, 5) is 57.8. The Morgan fingerprint density at radius 1 is 1.00 bits per heavy atom. The summed E-state index contributed by atoms with van der Waals surface area (Å²) in [6.45, 7) is 3.82. The van der Waals surface area contributed by atoms with E-state index in [0.29, 0.717) is 76.3 Å². The summed E-state index contributed by atoms with van der Waals surface area (Å²) in [5.74, 6) is 2.39. The summed E-state index contributed by atoms with van der Waals surface area (Å²) in [7, 11) is 3.14. The minimum atomic E-state index is -2.75. The number of nitrogens with zero attached hydrogens (tertiary/aromatic N) is 6.